The topological polar surface area (TPSA) is 114 Å². The van der Waals surface area contributed by atoms with E-state index in [1.54, 1.807) is 23.1 Å². The number of aromatic amines is 1. The van der Waals surface area contributed by atoms with Gasteiger partial charge in [-0.25, -0.2) is 0 Å². The smallest absolute Gasteiger partial charge is 0.271 e. The Morgan fingerprint density at radius 2 is 2.29 bits per heavy atom. The molecule has 3 N–H and O–H groups in total. The van der Waals surface area contributed by atoms with Crippen LogP contribution >= 0.6 is 0 Å². The average molecular weight is 287 g/mol. The Balaban J connectivity index is 2.10. The van der Waals surface area contributed by atoms with Gasteiger partial charge in [-0.15, -0.1) is 0 Å². The highest BCUT2D eigenvalue weighted by atomic mass is 16.5. The van der Waals surface area contributed by atoms with Gasteiger partial charge >= 0.3 is 0 Å². The third-order valence-corrected chi connectivity index (χ3v) is 3.27. The monoisotopic (exact) mass is 287 g/mol. The number of hydrogen-bond acceptors (Lipinski definition) is 5. The van der Waals surface area contributed by atoms with Crippen LogP contribution in [0.4, 0.5) is 5.69 Å². The molecule has 0 aliphatic carbocycles. The first-order valence-corrected chi connectivity index (χ1v) is 6.40. The highest BCUT2D eigenvalue weighted by Crippen LogP contribution is 2.35. The number of nitrogens with zero attached hydrogens (tertiary/aromatic N) is 3. The Morgan fingerprint density at radius 3 is 3.00 bits per heavy atom. The zero-order valence-corrected chi connectivity index (χ0v) is 11.3. The molecule has 1 aliphatic heterocycles. The van der Waals surface area contributed by atoms with Crippen molar-refractivity contribution in [3.63, 3.8) is 0 Å². The lowest BCUT2D eigenvalue weighted by Crippen LogP contribution is -2.38. The molecule has 1 aliphatic rings. The fraction of sp³-hybridized carbons (Fsp3) is 0.231. The van der Waals surface area contributed by atoms with Gasteiger partial charge in [-0.3, -0.25) is 9.59 Å². The molecule has 1 aromatic heterocycles. The summed E-state index contributed by atoms with van der Waals surface area (Å²) < 4.78 is 5.39. The van der Waals surface area contributed by atoms with Crippen LogP contribution in [0.2, 0.25) is 0 Å². The highest BCUT2D eigenvalue weighted by molar-refractivity contribution is 6.00. The van der Waals surface area contributed by atoms with E-state index in [0.717, 1.165) is 0 Å². The molecule has 3 rings (SSSR count). The van der Waals surface area contributed by atoms with Gasteiger partial charge in [0.1, 0.15) is 11.4 Å². The number of carbonyl (C=O) groups excluding carboxylic acids is 2. The molecule has 108 valence electrons. The first-order chi connectivity index (χ1) is 10.1. The first kappa shape index (κ1) is 13.1. The number of primary amides is 1. The van der Waals surface area contributed by atoms with Crippen LogP contribution < -0.4 is 15.4 Å². The molecule has 0 fully saturated rings. The number of nitrogens with one attached hydrogen (secondary N) is 1. The molecule has 0 saturated heterocycles. The number of hydrogen-bond donors (Lipinski definition) is 2. The van der Waals surface area contributed by atoms with Crippen molar-refractivity contribution >= 4 is 17.5 Å². The Hall–Kier alpha value is -2.90. The summed E-state index contributed by atoms with van der Waals surface area (Å²) in [6.45, 7) is 2.43. The van der Waals surface area contributed by atoms with E-state index < -0.39 is 5.91 Å². The minimum atomic E-state index is -0.670. The van der Waals surface area contributed by atoms with Crippen molar-refractivity contribution in [2.45, 2.75) is 6.92 Å². The maximum atomic E-state index is 11.9. The van der Waals surface area contributed by atoms with E-state index in [4.69, 9.17) is 10.5 Å². The van der Waals surface area contributed by atoms with Gasteiger partial charge in [-0.2, -0.15) is 15.4 Å². The minimum absolute atomic E-state index is 0.0245. The number of rotatable bonds is 3. The van der Waals surface area contributed by atoms with Crippen molar-refractivity contribution in [3.8, 4) is 17.0 Å². The van der Waals surface area contributed by atoms with Gasteiger partial charge < -0.3 is 15.4 Å². The maximum absolute atomic E-state index is 11.9. The fourth-order valence-electron chi connectivity index (χ4n) is 2.30. The number of anilines is 1. The summed E-state index contributed by atoms with van der Waals surface area (Å²) in [5.74, 6) is -0.169. The van der Waals surface area contributed by atoms with Crippen LogP contribution in [-0.2, 0) is 4.79 Å². The standard InChI is InChI=1S/C13H13N5O3/c1-2-18-8-5-7(3-4-9(8)21-6-10(18)19)11-12(13(14)20)16-17-15-11/h3-5H,2,6H2,1H3,(H2,14,20)(H,15,16,17). The molecule has 2 heterocycles. The summed E-state index contributed by atoms with van der Waals surface area (Å²) in [7, 11) is 0. The summed E-state index contributed by atoms with van der Waals surface area (Å²) in [5, 5.41) is 10.1. The van der Waals surface area contributed by atoms with E-state index in [-0.39, 0.29) is 18.2 Å². The summed E-state index contributed by atoms with van der Waals surface area (Å²) in [5.41, 5.74) is 6.94. The lowest BCUT2D eigenvalue weighted by atomic mass is 10.1. The quantitative estimate of drug-likeness (QED) is 0.843. The van der Waals surface area contributed by atoms with E-state index in [1.807, 2.05) is 6.92 Å². The predicted octanol–water partition coefficient (Wildman–Crippen LogP) is 0.316. The second-order valence-corrected chi connectivity index (χ2v) is 4.49. The van der Waals surface area contributed by atoms with E-state index in [2.05, 4.69) is 15.4 Å². The Kier molecular flexibility index (Phi) is 3.05. The number of carbonyl (C=O) groups is 2. The van der Waals surface area contributed by atoms with Gasteiger partial charge in [-0.1, -0.05) is 0 Å². The van der Waals surface area contributed by atoms with Gasteiger partial charge in [0.15, 0.2) is 12.3 Å². The van der Waals surface area contributed by atoms with E-state index in [0.29, 0.717) is 29.2 Å². The molecule has 2 aromatic rings. The number of likely N-dealkylation sites (N-methyl/N-ethyl adjacent to an activating group) is 1. The summed E-state index contributed by atoms with van der Waals surface area (Å²) >= 11 is 0. The summed E-state index contributed by atoms with van der Waals surface area (Å²) in [4.78, 5) is 24.8. The van der Waals surface area contributed by atoms with Crippen molar-refractivity contribution in [1.29, 1.82) is 0 Å². The molecule has 8 nitrogen and oxygen atoms in total. The molecule has 0 spiro atoms. The Morgan fingerprint density at radius 1 is 1.48 bits per heavy atom. The summed E-state index contributed by atoms with van der Waals surface area (Å²) in [6, 6.07) is 5.21. The Labute approximate surface area is 119 Å². The van der Waals surface area contributed by atoms with Crippen molar-refractivity contribution < 1.29 is 14.3 Å². The Bertz CT molecular complexity index is 724. The molecule has 1 aromatic carbocycles. The van der Waals surface area contributed by atoms with Crippen LogP contribution in [0.5, 0.6) is 5.75 Å². The third-order valence-electron chi connectivity index (χ3n) is 3.27. The number of nitrogens with two attached hydrogens (primary N) is 1. The molecular formula is C13H13N5O3. The first-order valence-electron chi connectivity index (χ1n) is 6.40. The van der Waals surface area contributed by atoms with E-state index >= 15 is 0 Å². The molecule has 2 amide bonds. The highest BCUT2D eigenvalue weighted by Gasteiger charge is 2.25. The van der Waals surface area contributed by atoms with Crippen LogP contribution in [0.15, 0.2) is 18.2 Å². The number of benzene rings is 1. The van der Waals surface area contributed by atoms with Crippen LogP contribution in [0.3, 0.4) is 0 Å². The second kappa shape index (κ2) is 4.89. The van der Waals surface area contributed by atoms with Crippen molar-refractivity contribution in [2.75, 3.05) is 18.1 Å². The largest absolute Gasteiger partial charge is 0.482 e. The maximum Gasteiger partial charge on any atom is 0.271 e. The normalized spacial score (nSPS) is 13.8. The van der Waals surface area contributed by atoms with E-state index in [9.17, 15) is 9.59 Å². The molecule has 0 unspecified atom stereocenters. The lowest BCUT2D eigenvalue weighted by molar-refractivity contribution is -0.121. The van der Waals surface area contributed by atoms with Crippen LogP contribution in [0.1, 0.15) is 17.4 Å². The number of aromatic nitrogens is 3. The number of ether oxygens (including phenoxy) is 1. The predicted molar refractivity (Wildman–Crippen MR) is 73.9 cm³/mol. The van der Waals surface area contributed by atoms with Crippen LogP contribution in [0.25, 0.3) is 11.3 Å². The lowest BCUT2D eigenvalue weighted by Gasteiger charge is -2.28. The van der Waals surface area contributed by atoms with Gasteiger partial charge in [0.05, 0.1) is 5.69 Å². The van der Waals surface area contributed by atoms with Crippen LogP contribution in [-0.4, -0.2) is 40.4 Å². The number of amides is 2. The average Bonchev–Trinajstić information content (AvgIpc) is 2.96. The van der Waals surface area contributed by atoms with Gasteiger partial charge in [0, 0.05) is 12.1 Å². The van der Waals surface area contributed by atoms with Crippen molar-refractivity contribution in [1.82, 2.24) is 15.4 Å². The SMILES string of the molecule is CCN1C(=O)COc2ccc(-c3n[nH]nc3C(N)=O)cc21. The van der Waals surface area contributed by atoms with Crippen LogP contribution in [0, 0.1) is 0 Å². The summed E-state index contributed by atoms with van der Waals surface area (Å²) in [6.07, 6.45) is 0. The molecule has 0 saturated carbocycles. The number of fused-ring (bicyclic) bond motifs is 1. The molecule has 0 atom stereocenters. The van der Waals surface area contributed by atoms with Crippen molar-refractivity contribution in [2.24, 2.45) is 5.73 Å². The molecule has 8 heteroatoms. The molecule has 0 bridgehead atoms. The third kappa shape index (κ3) is 2.10. The minimum Gasteiger partial charge on any atom is -0.482 e. The molecule has 21 heavy (non-hydrogen) atoms. The molecular weight excluding hydrogens is 274 g/mol. The number of H-pyrrole nitrogens is 1. The van der Waals surface area contributed by atoms with Gasteiger partial charge in [-0.05, 0) is 25.1 Å². The fourth-order valence-corrected chi connectivity index (χ4v) is 2.30. The van der Waals surface area contributed by atoms with Gasteiger partial charge in [0.2, 0.25) is 0 Å². The van der Waals surface area contributed by atoms with Crippen molar-refractivity contribution in [3.05, 3.63) is 23.9 Å². The molecule has 0 radical (unpaired) electrons. The second-order valence-electron chi connectivity index (χ2n) is 4.49. The van der Waals surface area contributed by atoms with Gasteiger partial charge in [0.25, 0.3) is 11.8 Å². The zero-order valence-electron chi connectivity index (χ0n) is 11.3. The zero-order chi connectivity index (χ0) is 15.0. The van der Waals surface area contributed by atoms with E-state index in [1.165, 1.54) is 0 Å².